The van der Waals surface area contributed by atoms with Crippen LogP contribution >= 0.6 is 0 Å². The van der Waals surface area contributed by atoms with Gasteiger partial charge in [0.1, 0.15) is 6.54 Å². The van der Waals surface area contributed by atoms with E-state index in [1.54, 1.807) is 25.1 Å². The van der Waals surface area contributed by atoms with Crippen LogP contribution in [0.4, 0.5) is 11.4 Å². The molecule has 0 aliphatic carbocycles. The lowest BCUT2D eigenvalue weighted by Gasteiger charge is -2.25. The van der Waals surface area contributed by atoms with E-state index >= 15 is 0 Å². The fourth-order valence-electron chi connectivity index (χ4n) is 3.15. The van der Waals surface area contributed by atoms with Crippen LogP contribution in [0.25, 0.3) is 0 Å². The summed E-state index contributed by atoms with van der Waals surface area (Å²) in [7, 11) is -4.15. The number of nitrogens with one attached hydrogen (secondary N) is 1. The number of hydrogen-bond acceptors (Lipinski definition) is 5. The van der Waals surface area contributed by atoms with Crippen molar-refractivity contribution >= 4 is 27.3 Å². The van der Waals surface area contributed by atoms with Crippen LogP contribution in [0.1, 0.15) is 24.1 Å². The Morgan fingerprint density at radius 1 is 1.03 bits per heavy atom. The average Bonchev–Trinajstić information content (AvgIpc) is 2.78. The molecular weight excluding hydrogens is 430 g/mol. The van der Waals surface area contributed by atoms with Crippen molar-refractivity contribution in [3.05, 3.63) is 100 Å². The number of nitrogens with zero attached hydrogens (tertiary/aromatic N) is 2. The first-order valence-electron chi connectivity index (χ1n) is 9.86. The third kappa shape index (κ3) is 5.30. The first-order chi connectivity index (χ1) is 15.2. The zero-order valence-electron chi connectivity index (χ0n) is 17.6. The van der Waals surface area contributed by atoms with Crippen molar-refractivity contribution in [2.24, 2.45) is 0 Å². The minimum Gasteiger partial charge on any atom is -0.348 e. The van der Waals surface area contributed by atoms with Gasteiger partial charge in [0.2, 0.25) is 5.91 Å². The standard InChI is InChI=1S/C23H23N3O5S/c1-17-11-13-19(14-12-17)18(2)24-23(27)16-25(20-7-6-8-21(15-20)26(28)29)32(30,31)22-9-4-3-5-10-22/h3-15,18H,16H2,1-2H3,(H,24,27). The molecule has 0 heterocycles. The van der Waals surface area contributed by atoms with Gasteiger partial charge in [-0.05, 0) is 37.6 Å². The van der Waals surface area contributed by atoms with Crippen LogP contribution < -0.4 is 9.62 Å². The molecule has 0 radical (unpaired) electrons. The molecule has 1 N–H and O–H groups in total. The number of hydrogen-bond donors (Lipinski definition) is 1. The smallest absolute Gasteiger partial charge is 0.271 e. The molecule has 8 nitrogen and oxygen atoms in total. The van der Waals surface area contributed by atoms with Crippen molar-refractivity contribution in [2.45, 2.75) is 24.8 Å². The number of amides is 1. The molecule has 9 heteroatoms. The molecule has 0 aromatic heterocycles. The van der Waals surface area contributed by atoms with Crippen molar-refractivity contribution in [3.63, 3.8) is 0 Å². The van der Waals surface area contributed by atoms with E-state index in [-0.39, 0.29) is 22.3 Å². The molecule has 32 heavy (non-hydrogen) atoms. The predicted molar refractivity (Wildman–Crippen MR) is 122 cm³/mol. The molecule has 0 fully saturated rings. The van der Waals surface area contributed by atoms with Gasteiger partial charge in [-0.2, -0.15) is 0 Å². The van der Waals surface area contributed by atoms with Crippen molar-refractivity contribution in [2.75, 3.05) is 10.8 Å². The lowest BCUT2D eigenvalue weighted by molar-refractivity contribution is -0.384. The number of nitro benzene ring substituents is 1. The molecule has 166 valence electrons. The van der Waals surface area contributed by atoms with Gasteiger partial charge in [0.25, 0.3) is 15.7 Å². The van der Waals surface area contributed by atoms with Crippen LogP contribution in [-0.2, 0) is 14.8 Å². The highest BCUT2D eigenvalue weighted by molar-refractivity contribution is 7.92. The molecule has 0 bridgehead atoms. The van der Waals surface area contributed by atoms with Crippen LogP contribution in [0.3, 0.4) is 0 Å². The van der Waals surface area contributed by atoms with Crippen LogP contribution in [0.5, 0.6) is 0 Å². The highest BCUT2D eigenvalue weighted by atomic mass is 32.2. The number of carbonyl (C=O) groups is 1. The van der Waals surface area contributed by atoms with Gasteiger partial charge in [-0.25, -0.2) is 8.42 Å². The monoisotopic (exact) mass is 453 g/mol. The summed E-state index contributed by atoms with van der Waals surface area (Å²) in [5.74, 6) is -0.538. The molecule has 3 aromatic carbocycles. The maximum Gasteiger partial charge on any atom is 0.271 e. The summed E-state index contributed by atoms with van der Waals surface area (Å²) in [5, 5.41) is 14.0. The van der Waals surface area contributed by atoms with Crippen LogP contribution in [0, 0.1) is 17.0 Å². The van der Waals surface area contributed by atoms with E-state index in [9.17, 15) is 23.3 Å². The first kappa shape index (κ1) is 23.0. The highest BCUT2D eigenvalue weighted by Gasteiger charge is 2.28. The molecule has 0 aliphatic heterocycles. The van der Waals surface area contributed by atoms with E-state index in [0.29, 0.717) is 0 Å². The predicted octanol–water partition coefficient (Wildman–Crippen LogP) is 3.98. The molecule has 3 rings (SSSR count). The zero-order valence-corrected chi connectivity index (χ0v) is 18.5. The van der Waals surface area contributed by atoms with Gasteiger partial charge in [0.05, 0.1) is 21.5 Å². The Morgan fingerprint density at radius 2 is 1.69 bits per heavy atom. The number of sulfonamides is 1. The third-order valence-electron chi connectivity index (χ3n) is 4.90. The van der Waals surface area contributed by atoms with E-state index in [4.69, 9.17) is 0 Å². The Balaban J connectivity index is 1.92. The lowest BCUT2D eigenvalue weighted by Crippen LogP contribution is -2.41. The molecule has 0 saturated carbocycles. The zero-order chi connectivity index (χ0) is 23.3. The summed E-state index contributed by atoms with van der Waals surface area (Å²) >= 11 is 0. The van der Waals surface area contributed by atoms with Crippen molar-refractivity contribution in [3.8, 4) is 0 Å². The van der Waals surface area contributed by atoms with E-state index in [2.05, 4.69) is 5.32 Å². The SMILES string of the molecule is Cc1ccc(C(C)NC(=O)CN(c2cccc([N+](=O)[O-])c2)S(=O)(=O)c2ccccc2)cc1. The van der Waals surface area contributed by atoms with Gasteiger partial charge < -0.3 is 5.32 Å². The van der Waals surface area contributed by atoms with E-state index in [1.165, 1.54) is 30.3 Å². The van der Waals surface area contributed by atoms with Gasteiger partial charge in [0.15, 0.2) is 0 Å². The maximum absolute atomic E-state index is 13.3. The fourth-order valence-corrected chi connectivity index (χ4v) is 4.59. The molecule has 0 aliphatic rings. The molecule has 0 saturated heterocycles. The van der Waals surface area contributed by atoms with Crippen LogP contribution in [-0.4, -0.2) is 25.8 Å². The summed E-state index contributed by atoms with van der Waals surface area (Å²) in [4.78, 5) is 23.4. The second-order valence-electron chi connectivity index (χ2n) is 7.30. The molecular formula is C23H23N3O5S. The largest absolute Gasteiger partial charge is 0.348 e. The van der Waals surface area contributed by atoms with Gasteiger partial charge in [0, 0.05) is 12.1 Å². The number of aryl methyl sites for hydroxylation is 1. The average molecular weight is 454 g/mol. The minimum absolute atomic E-state index is 0.0223. The van der Waals surface area contributed by atoms with Crippen LogP contribution in [0.2, 0.25) is 0 Å². The van der Waals surface area contributed by atoms with E-state index in [0.717, 1.165) is 21.5 Å². The number of non-ortho nitro benzene ring substituents is 1. The van der Waals surface area contributed by atoms with Gasteiger partial charge >= 0.3 is 0 Å². The summed E-state index contributed by atoms with van der Waals surface area (Å²) in [6, 6.07) is 20.1. The van der Waals surface area contributed by atoms with Gasteiger partial charge in [-0.3, -0.25) is 19.2 Å². The lowest BCUT2D eigenvalue weighted by atomic mass is 10.1. The molecule has 0 spiro atoms. The first-order valence-corrected chi connectivity index (χ1v) is 11.3. The summed E-state index contributed by atoms with van der Waals surface area (Å²) < 4.78 is 27.5. The summed E-state index contributed by atoms with van der Waals surface area (Å²) in [5.41, 5.74) is 1.71. The second kappa shape index (κ2) is 9.61. The number of rotatable bonds is 8. The van der Waals surface area contributed by atoms with Crippen LogP contribution in [0.15, 0.2) is 83.8 Å². The Kier molecular flexibility index (Phi) is 6.89. The number of anilines is 1. The fraction of sp³-hybridized carbons (Fsp3) is 0.174. The van der Waals surface area contributed by atoms with Crippen molar-refractivity contribution in [1.82, 2.24) is 5.32 Å². The molecule has 1 amide bonds. The van der Waals surface area contributed by atoms with E-state index in [1.807, 2.05) is 31.2 Å². The minimum atomic E-state index is -4.15. The topological polar surface area (TPSA) is 110 Å². The number of carbonyl (C=O) groups excluding carboxylic acids is 1. The number of benzene rings is 3. The molecule has 1 unspecified atom stereocenters. The maximum atomic E-state index is 13.3. The summed E-state index contributed by atoms with van der Waals surface area (Å²) in [6.07, 6.45) is 0. The van der Waals surface area contributed by atoms with Crippen molar-refractivity contribution < 1.29 is 18.1 Å². The summed E-state index contributed by atoms with van der Waals surface area (Å²) in [6.45, 7) is 3.22. The second-order valence-corrected chi connectivity index (χ2v) is 9.16. The highest BCUT2D eigenvalue weighted by Crippen LogP contribution is 2.27. The Morgan fingerprint density at radius 3 is 2.31 bits per heavy atom. The molecule has 3 aromatic rings. The molecule has 1 atom stereocenters. The Bertz CT molecular complexity index is 1210. The Hall–Kier alpha value is -3.72. The Labute approximate surface area is 186 Å². The van der Waals surface area contributed by atoms with Crippen molar-refractivity contribution in [1.29, 1.82) is 0 Å². The van der Waals surface area contributed by atoms with Gasteiger partial charge in [-0.15, -0.1) is 0 Å². The van der Waals surface area contributed by atoms with E-state index < -0.39 is 27.4 Å². The quantitative estimate of drug-likeness (QED) is 0.410. The normalized spacial score (nSPS) is 12.1. The third-order valence-corrected chi connectivity index (χ3v) is 6.69. The van der Waals surface area contributed by atoms with Gasteiger partial charge in [-0.1, -0.05) is 54.1 Å². The number of nitro groups is 1.